The number of benzene rings is 1. The number of rotatable bonds is 6. The third-order valence-electron chi connectivity index (χ3n) is 2.92. The lowest BCUT2D eigenvalue weighted by atomic mass is 9.97. The fourth-order valence-electron chi connectivity index (χ4n) is 1.92. The number of halogens is 3. The second-order valence-corrected chi connectivity index (χ2v) is 5.64. The van der Waals surface area contributed by atoms with E-state index in [0.717, 1.165) is 24.9 Å². The smallest absolute Gasteiger partial charge is 0.173 e. The van der Waals surface area contributed by atoms with E-state index in [2.05, 4.69) is 35.1 Å². The highest BCUT2D eigenvalue weighted by Gasteiger charge is 2.18. The molecule has 0 radical (unpaired) electrons. The van der Waals surface area contributed by atoms with Gasteiger partial charge in [-0.15, -0.1) is 0 Å². The molecular formula is C14H20BrF2N. The molecule has 1 nitrogen and oxygen atoms in total. The lowest BCUT2D eigenvalue weighted by Gasteiger charge is -2.21. The molecule has 1 rings (SSSR count). The molecule has 0 fully saturated rings. The largest absolute Gasteiger partial charge is 0.310 e. The highest BCUT2D eigenvalue weighted by atomic mass is 79.9. The maximum absolute atomic E-state index is 13.5. The molecule has 1 aromatic carbocycles. The molecule has 0 bridgehead atoms. The van der Waals surface area contributed by atoms with Crippen molar-refractivity contribution in [3.63, 3.8) is 0 Å². The van der Waals surface area contributed by atoms with Crippen LogP contribution in [0.25, 0.3) is 0 Å². The monoisotopic (exact) mass is 319 g/mol. The Morgan fingerprint density at radius 3 is 2.44 bits per heavy atom. The van der Waals surface area contributed by atoms with Crippen LogP contribution < -0.4 is 5.32 Å². The predicted molar refractivity (Wildman–Crippen MR) is 74.5 cm³/mol. The molecular weight excluding hydrogens is 300 g/mol. The number of hydrogen-bond donors (Lipinski definition) is 1. The van der Waals surface area contributed by atoms with Crippen molar-refractivity contribution in [1.29, 1.82) is 0 Å². The fourth-order valence-corrected chi connectivity index (χ4v) is 2.52. The molecule has 102 valence electrons. The van der Waals surface area contributed by atoms with Crippen molar-refractivity contribution in [2.24, 2.45) is 5.92 Å². The van der Waals surface area contributed by atoms with Crippen molar-refractivity contribution in [3.05, 3.63) is 33.8 Å². The molecule has 4 heteroatoms. The van der Waals surface area contributed by atoms with E-state index in [9.17, 15) is 8.78 Å². The Labute approximate surface area is 116 Å². The molecule has 0 aliphatic heterocycles. The molecule has 18 heavy (non-hydrogen) atoms. The van der Waals surface area contributed by atoms with Crippen LogP contribution in [0.15, 0.2) is 16.6 Å². The summed E-state index contributed by atoms with van der Waals surface area (Å²) in [5.41, 5.74) is 0.788. The average molecular weight is 320 g/mol. The van der Waals surface area contributed by atoms with Gasteiger partial charge in [0.05, 0.1) is 4.47 Å². The highest BCUT2D eigenvalue weighted by molar-refractivity contribution is 9.10. The maximum Gasteiger partial charge on any atom is 0.173 e. The minimum Gasteiger partial charge on any atom is -0.310 e. The van der Waals surface area contributed by atoms with Crippen molar-refractivity contribution in [3.8, 4) is 0 Å². The Morgan fingerprint density at radius 2 is 1.89 bits per heavy atom. The first-order chi connectivity index (χ1) is 8.47. The molecule has 1 aromatic rings. The molecule has 0 saturated carbocycles. The van der Waals surface area contributed by atoms with Gasteiger partial charge in [-0.25, -0.2) is 8.78 Å². The van der Waals surface area contributed by atoms with Gasteiger partial charge in [-0.2, -0.15) is 0 Å². The van der Waals surface area contributed by atoms with Gasteiger partial charge in [0.2, 0.25) is 0 Å². The Bertz CT molecular complexity index is 394. The summed E-state index contributed by atoms with van der Waals surface area (Å²) in [5.74, 6) is -1.03. The van der Waals surface area contributed by atoms with Crippen LogP contribution in [0.3, 0.4) is 0 Å². The maximum atomic E-state index is 13.5. The molecule has 0 heterocycles. The normalized spacial score (nSPS) is 13.1. The summed E-state index contributed by atoms with van der Waals surface area (Å²) < 4.78 is 26.9. The van der Waals surface area contributed by atoms with Gasteiger partial charge < -0.3 is 5.32 Å². The SMILES string of the molecule is CCNC(CCC(C)C)c1ccc(F)c(F)c1Br. The first-order valence-corrected chi connectivity index (χ1v) is 7.13. The van der Waals surface area contributed by atoms with Crippen LogP contribution in [0.2, 0.25) is 0 Å². The molecule has 1 atom stereocenters. The van der Waals surface area contributed by atoms with E-state index >= 15 is 0 Å². The quantitative estimate of drug-likeness (QED) is 0.742. The molecule has 1 unspecified atom stereocenters. The third kappa shape index (κ3) is 4.02. The minimum absolute atomic E-state index is 0.0573. The van der Waals surface area contributed by atoms with Crippen LogP contribution >= 0.6 is 15.9 Å². The molecule has 0 aliphatic carbocycles. The van der Waals surface area contributed by atoms with Gasteiger partial charge in [0, 0.05) is 6.04 Å². The van der Waals surface area contributed by atoms with Gasteiger partial charge in [0.25, 0.3) is 0 Å². The Hall–Kier alpha value is -0.480. The van der Waals surface area contributed by atoms with Crippen molar-refractivity contribution < 1.29 is 8.78 Å². The zero-order valence-corrected chi connectivity index (χ0v) is 12.7. The molecule has 1 N–H and O–H groups in total. The number of hydrogen-bond acceptors (Lipinski definition) is 1. The Balaban J connectivity index is 2.94. The molecule has 0 spiro atoms. The second kappa shape index (κ2) is 7.19. The summed E-state index contributed by atoms with van der Waals surface area (Å²) in [5, 5.41) is 3.32. The van der Waals surface area contributed by atoms with E-state index in [1.165, 1.54) is 6.07 Å². The van der Waals surface area contributed by atoms with Crippen LogP contribution in [0.5, 0.6) is 0 Å². The van der Waals surface area contributed by atoms with Crippen molar-refractivity contribution >= 4 is 15.9 Å². The van der Waals surface area contributed by atoms with Crippen molar-refractivity contribution in [2.75, 3.05) is 6.54 Å². The summed E-state index contributed by atoms with van der Waals surface area (Å²) in [4.78, 5) is 0. The molecule has 0 aliphatic rings. The summed E-state index contributed by atoms with van der Waals surface area (Å²) >= 11 is 3.15. The zero-order chi connectivity index (χ0) is 13.7. The van der Waals surface area contributed by atoms with Crippen LogP contribution in [-0.2, 0) is 0 Å². The third-order valence-corrected chi connectivity index (χ3v) is 3.73. The minimum atomic E-state index is -0.815. The van der Waals surface area contributed by atoms with Crippen molar-refractivity contribution in [1.82, 2.24) is 5.32 Å². The standard InChI is InChI=1S/C14H20BrF2N/c1-4-18-12(8-5-9(2)3)10-6-7-11(16)14(17)13(10)15/h6-7,9,12,18H,4-5,8H2,1-3H3. The van der Waals surface area contributed by atoms with Crippen molar-refractivity contribution in [2.45, 2.75) is 39.7 Å². The predicted octanol–water partition coefficient (Wildman–Crippen LogP) is 4.81. The summed E-state index contributed by atoms with van der Waals surface area (Å²) in [6.07, 6.45) is 1.96. The molecule has 0 saturated heterocycles. The summed E-state index contributed by atoms with van der Waals surface area (Å²) in [6.45, 7) is 7.12. The van der Waals surface area contributed by atoms with Gasteiger partial charge in [0.15, 0.2) is 11.6 Å². The Morgan fingerprint density at radius 1 is 1.22 bits per heavy atom. The van der Waals surface area contributed by atoms with E-state index in [-0.39, 0.29) is 10.5 Å². The molecule has 0 aromatic heterocycles. The van der Waals surface area contributed by atoms with Crippen LogP contribution in [-0.4, -0.2) is 6.54 Å². The van der Waals surface area contributed by atoms with Crippen LogP contribution in [0.1, 0.15) is 45.2 Å². The first-order valence-electron chi connectivity index (χ1n) is 6.34. The van der Waals surface area contributed by atoms with Crippen LogP contribution in [0, 0.1) is 17.6 Å². The molecule has 0 amide bonds. The number of nitrogens with one attached hydrogen (secondary N) is 1. The lowest BCUT2D eigenvalue weighted by molar-refractivity contribution is 0.441. The summed E-state index contributed by atoms with van der Waals surface area (Å²) in [7, 11) is 0. The highest BCUT2D eigenvalue weighted by Crippen LogP contribution is 2.30. The van der Waals surface area contributed by atoms with E-state index in [1.54, 1.807) is 6.07 Å². The lowest BCUT2D eigenvalue weighted by Crippen LogP contribution is -2.22. The van der Waals surface area contributed by atoms with Gasteiger partial charge in [-0.3, -0.25) is 0 Å². The van der Waals surface area contributed by atoms with E-state index < -0.39 is 11.6 Å². The zero-order valence-electron chi connectivity index (χ0n) is 11.1. The van der Waals surface area contributed by atoms with Gasteiger partial charge in [0.1, 0.15) is 0 Å². The van der Waals surface area contributed by atoms with E-state index in [1.807, 2.05) is 6.92 Å². The van der Waals surface area contributed by atoms with Gasteiger partial charge in [-0.1, -0.05) is 26.8 Å². The topological polar surface area (TPSA) is 12.0 Å². The second-order valence-electron chi connectivity index (χ2n) is 4.85. The average Bonchev–Trinajstić information content (AvgIpc) is 2.32. The van der Waals surface area contributed by atoms with Gasteiger partial charge in [-0.05, 0) is 52.9 Å². The van der Waals surface area contributed by atoms with Gasteiger partial charge >= 0.3 is 0 Å². The first kappa shape index (κ1) is 15.6. The van der Waals surface area contributed by atoms with E-state index in [0.29, 0.717) is 5.92 Å². The van der Waals surface area contributed by atoms with Crippen LogP contribution in [0.4, 0.5) is 8.78 Å². The van der Waals surface area contributed by atoms with E-state index in [4.69, 9.17) is 0 Å². The fraction of sp³-hybridized carbons (Fsp3) is 0.571. The Kier molecular flexibility index (Phi) is 6.22. The summed E-state index contributed by atoms with van der Waals surface area (Å²) in [6, 6.07) is 2.90.